The van der Waals surface area contributed by atoms with Crippen LogP contribution in [0.25, 0.3) is 0 Å². The molecule has 1 aliphatic heterocycles. The second-order valence-corrected chi connectivity index (χ2v) is 17.5. The summed E-state index contributed by atoms with van der Waals surface area (Å²) in [6.07, 6.45) is -1.05. The summed E-state index contributed by atoms with van der Waals surface area (Å²) in [5.74, 6) is -0.542. The number of aromatic nitrogens is 2. The Balaban J connectivity index is 1.13. The van der Waals surface area contributed by atoms with Crippen LogP contribution < -0.4 is 19.1 Å². The highest BCUT2D eigenvalue weighted by Crippen LogP contribution is 2.41. The zero-order valence-corrected chi connectivity index (χ0v) is 35.6. The smallest absolute Gasteiger partial charge is 0.416 e. The van der Waals surface area contributed by atoms with Crippen LogP contribution in [0.3, 0.4) is 0 Å². The molecule has 328 valence electrons. The van der Waals surface area contributed by atoms with E-state index in [1.54, 1.807) is 29.2 Å². The molecular formula is C44H45ClF4N6O6S. The highest BCUT2D eigenvalue weighted by atomic mass is 35.5. The SMILES string of the molecule is COc1ccc(CN(c2ccncn2)S(=O)(=O)c2cc(Cl)c(N[C@H]3CC[C@H](c4cccc(C(F)(F)F)c4)C[C@@H]3N(C)C3CN(C(=O)OCc4ccccc4)C3)cc2F)c(OC)c1. The average molecular weight is 897 g/mol. The van der Waals surface area contributed by atoms with Crippen molar-refractivity contribution in [1.82, 2.24) is 19.8 Å². The molecule has 1 aliphatic carbocycles. The van der Waals surface area contributed by atoms with Crippen molar-refractivity contribution in [3.05, 3.63) is 137 Å². The van der Waals surface area contributed by atoms with Gasteiger partial charge in [0.1, 0.15) is 41.0 Å². The van der Waals surface area contributed by atoms with Crippen LogP contribution in [0.15, 0.2) is 108 Å². The van der Waals surface area contributed by atoms with Gasteiger partial charge < -0.3 is 24.4 Å². The third-order valence-corrected chi connectivity index (χ3v) is 13.6. The minimum Gasteiger partial charge on any atom is -0.497 e. The number of alkyl halides is 3. The highest BCUT2D eigenvalue weighted by Gasteiger charge is 2.42. The maximum atomic E-state index is 16.4. The molecule has 0 radical (unpaired) electrons. The van der Waals surface area contributed by atoms with E-state index in [1.165, 1.54) is 44.9 Å². The van der Waals surface area contributed by atoms with Crippen LogP contribution >= 0.6 is 11.6 Å². The van der Waals surface area contributed by atoms with Crippen molar-refractivity contribution in [3.63, 3.8) is 0 Å². The number of likely N-dealkylation sites (tertiary alicyclic amines) is 1. The summed E-state index contributed by atoms with van der Waals surface area (Å²) >= 11 is 6.81. The van der Waals surface area contributed by atoms with Crippen molar-refractivity contribution >= 4 is 39.2 Å². The molecule has 2 fully saturated rings. The lowest BCUT2D eigenvalue weighted by Gasteiger charge is -2.50. The minimum atomic E-state index is -4.67. The van der Waals surface area contributed by atoms with E-state index in [0.29, 0.717) is 55.0 Å². The second kappa shape index (κ2) is 18.8. The van der Waals surface area contributed by atoms with Crippen LogP contribution in [0.5, 0.6) is 11.5 Å². The third-order valence-electron chi connectivity index (χ3n) is 11.5. The van der Waals surface area contributed by atoms with Crippen molar-refractivity contribution in [2.24, 2.45) is 0 Å². The van der Waals surface area contributed by atoms with Crippen molar-refractivity contribution in [3.8, 4) is 11.5 Å². The van der Waals surface area contributed by atoms with Gasteiger partial charge in [0.25, 0.3) is 10.0 Å². The molecule has 5 aromatic rings. The number of amides is 1. The van der Waals surface area contributed by atoms with Gasteiger partial charge in [-0.1, -0.05) is 60.1 Å². The number of methoxy groups -OCH3 is 2. The Morgan fingerprint density at radius 1 is 0.968 bits per heavy atom. The number of hydrogen-bond acceptors (Lipinski definition) is 10. The molecule has 62 heavy (non-hydrogen) atoms. The van der Waals surface area contributed by atoms with Crippen LogP contribution in [-0.2, 0) is 34.1 Å². The van der Waals surface area contributed by atoms with Gasteiger partial charge in [-0.25, -0.2) is 31.9 Å². The van der Waals surface area contributed by atoms with Crippen molar-refractivity contribution in [2.75, 3.05) is 44.0 Å². The fraction of sp³-hybridized carbons (Fsp3) is 0.341. The number of hydrogen-bond donors (Lipinski definition) is 1. The molecule has 7 rings (SSSR count). The van der Waals surface area contributed by atoms with Gasteiger partial charge in [0.05, 0.1) is 37.0 Å². The van der Waals surface area contributed by atoms with E-state index < -0.39 is 44.6 Å². The predicted molar refractivity (Wildman–Crippen MR) is 225 cm³/mol. The van der Waals surface area contributed by atoms with Gasteiger partial charge in [-0.15, -0.1) is 0 Å². The summed E-state index contributed by atoms with van der Waals surface area (Å²) in [4.78, 5) is 23.9. The number of rotatable bonds is 14. The first-order valence-corrected chi connectivity index (χ1v) is 21.6. The molecule has 3 atom stereocenters. The summed E-state index contributed by atoms with van der Waals surface area (Å²) in [7, 11) is 0.130. The summed E-state index contributed by atoms with van der Waals surface area (Å²) in [5.41, 5.74) is 1.24. The van der Waals surface area contributed by atoms with Crippen LogP contribution in [-0.4, -0.2) is 86.8 Å². The summed E-state index contributed by atoms with van der Waals surface area (Å²) < 4.78 is 104. The molecule has 2 heterocycles. The molecule has 1 saturated heterocycles. The lowest BCUT2D eigenvalue weighted by Crippen LogP contribution is -2.64. The van der Waals surface area contributed by atoms with Gasteiger partial charge in [-0.2, -0.15) is 13.2 Å². The number of ether oxygens (including phenoxy) is 3. The van der Waals surface area contributed by atoms with Gasteiger partial charge in [0.15, 0.2) is 0 Å². The molecule has 0 bridgehead atoms. The van der Waals surface area contributed by atoms with E-state index in [4.69, 9.17) is 25.8 Å². The molecule has 0 unspecified atom stereocenters. The number of nitrogens with one attached hydrogen (secondary N) is 1. The van der Waals surface area contributed by atoms with E-state index in [9.17, 15) is 26.4 Å². The Hall–Kier alpha value is -5.65. The summed E-state index contributed by atoms with van der Waals surface area (Å²) in [6, 6.07) is 22.1. The molecule has 0 spiro atoms. The lowest BCUT2D eigenvalue weighted by molar-refractivity contribution is -0.137. The third kappa shape index (κ3) is 9.85. The first-order chi connectivity index (χ1) is 29.7. The number of anilines is 2. The maximum absolute atomic E-state index is 16.4. The molecule has 2 aliphatic rings. The largest absolute Gasteiger partial charge is 0.497 e. The summed E-state index contributed by atoms with van der Waals surface area (Å²) in [6.45, 7) is 0.539. The molecule has 1 amide bonds. The number of benzene rings is 4. The number of sulfonamides is 1. The molecular weight excluding hydrogens is 852 g/mol. The normalized spacial score (nSPS) is 18.2. The van der Waals surface area contributed by atoms with E-state index in [2.05, 4.69) is 20.2 Å². The van der Waals surface area contributed by atoms with E-state index in [1.807, 2.05) is 37.4 Å². The van der Waals surface area contributed by atoms with Gasteiger partial charge in [-0.3, -0.25) is 4.90 Å². The monoisotopic (exact) mass is 896 g/mol. The highest BCUT2D eigenvalue weighted by molar-refractivity contribution is 7.92. The molecule has 18 heteroatoms. The zero-order valence-electron chi connectivity index (χ0n) is 34.1. The zero-order chi connectivity index (χ0) is 44.2. The number of halogens is 5. The number of carbonyl (C=O) groups is 1. The minimum absolute atomic E-state index is 0.0296. The molecule has 12 nitrogen and oxygen atoms in total. The topological polar surface area (TPSA) is 126 Å². The lowest BCUT2D eigenvalue weighted by atomic mass is 9.77. The Morgan fingerprint density at radius 2 is 1.74 bits per heavy atom. The Bertz CT molecular complexity index is 2470. The standard InChI is InChI=1S/C44H45ClF4N6O6S/c1-53(33-24-54(25-33)43(56)61-26-28-8-5-4-6-9-28)39-19-30(29-10-7-11-32(18-29)44(47,48)49)13-15-37(39)52-38-22-36(46)41(21-35(38)45)62(57,58)55(42-16-17-50-27-51-42)23-31-12-14-34(59-2)20-40(31)60-3/h4-12,14,16-18,20-22,27,30,33,37,39,52H,13,15,19,23-26H2,1-3H3/t30-,37-,39-/m0/s1. The fourth-order valence-electron chi connectivity index (χ4n) is 7.99. The second-order valence-electron chi connectivity index (χ2n) is 15.2. The number of carbonyl (C=O) groups excluding carboxylic acids is 1. The van der Waals surface area contributed by atoms with Crippen LogP contribution in [0.2, 0.25) is 5.02 Å². The number of nitrogens with zero attached hydrogens (tertiary/aromatic N) is 5. The van der Waals surface area contributed by atoms with E-state index in [0.717, 1.165) is 28.1 Å². The van der Waals surface area contributed by atoms with E-state index >= 15 is 4.39 Å². The van der Waals surface area contributed by atoms with E-state index in [-0.39, 0.29) is 47.7 Å². The molecule has 1 N–H and O–H groups in total. The van der Waals surface area contributed by atoms with Crippen LogP contribution in [0, 0.1) is 5.82 Å². The number of likely N-dealkylation sites (N-methyl/N-ethyl adjacent to an activating group) is 1. The van der Waals surface area contributed by atoms with Crippen LogP contribution in [0.4, 0.5) is 33.9 Å². The first-order valence-electron chi connectivity index (χ1n) is 19.8. The van der Waals surface area contributed by atoms with Crippen LogP contribution in [0.1, 0.15) is 47.4 Å². The molecule has 4 aromatic carbocycles. The maximum Gasteiger partial charge on any atom is 0.416 e. The Kier molecular flexibility index (Phi) is 13.4. The Morgan fingerprint density at radius 3 is 2.44 bits per heavy atom. The molecule has 1 aromatic heterocycles. The average Bonchev–Trinajstić information content (AvgIpc) is 3.25. The van der Waals surface area contributed by atoms with Gasteiger partial charge in [-0.05, 0) is 73.7 Å². The molecule has 1 saturated carbocycles. The van der Waals surface area contributed by atoms with Crippen molar-refractivity contribution < 1.29 is 45.0 Å². The first kappa shape index (κ1) is 44.4. The quantitative estimate of drug-likeness (QED) is 0.108. The Labute approximate surface area is 362 Å². The predicted octanol–water partition coefficient (Wildman–Crippen LogP) is 8.77. The van der Waals surface area contributed by atoms with Gasteiger partial charge >= 0.3 is 12.3 Å². The fourth-order valence-corrected chi connectivity index (χ4v) is 9.75. The van der Waals surface area contributed by atoms with Gasteiger partial charge in [0.2, 0.25) is 0 Å². The van der Waals surface area contributed by atoms with Gasteiger partial charge in [0, 0.05) is 55.1 Å². The van der Waals surface area contributed by atoms with Crippen molar-refractivity contribution in [2.45, 2.75) is 67.5 Å². The van der Waals surface area contributed by atoms with Crippen molar-refractivity contribution in [1.29, 1.82) is 0 Å². The summed E-state index contributed by atoms with van der Waals surface area (Å²) in [5, 5.41) is 3.28.